The molecule has 0 aliphatic heterocycles. The number of halogens is 1. The minimum Gasteiger partial charge on any atom is -0.507 e. The Bertz CT molecular complexity index is 1180. The van der Waals surface area contributed by atoms with Gasteiger partial charge in [0, 0.05) is 16.5 Å². The summed E-state index contributed by atoms with van der Waals surface area (Å²) >= 11 is 6.23. The molecule has 0 radical (unpaired) electrons. The van der Waals surface area contributed by atoms with Crippen LogP contribution in [0.5, 0.6) is 5.75 Å². The monoisotopic (exact) mass is 476 g/mol. The summed E-state index contributed by atoms with van der Waals surface area (Å²) in [6.45, 7) is 3.87. The molecule has 2 fully saturated rings. The number of likely N-dealkylation sites (N-methyl/N-ethyl adjacent to an activating group) is 1. The van der Waals surface area contributed by atoms with Crippen molar-refractivity contribution < 1.29 is 39.3 Å². The van der Waals surface area contributed by atoms with E-state index in [9.17, 15) is 39.3 Å². The maximum absolute atomic E-state index is 13.6. The highest BCUT2D eigenvalue weighted by Gasteiger charge is 2.72. The Hall–Kier alpha value is -2.92. The molecule has 1 aromatic rings. The Balaban J connectivity index is 1.99. The van der Waals surface area contributed by atoms with E-state index in [4.69, 9.17) is 17.3 Å². The third kappa shape index (κ3) is 2.75. The molecule has 0 aromatic heterocycles. The van der Waals surface area contributed by atoms with Gasteiger partial charge in [-0.1, -0.05) is 18.2 Å². The third-order valence-corrected chi connectivity index (χ3v) is 7.33. The number of amides is 1. The average Bonchev–Trinajstić information content (AvgIpc) is 2.72. The normalized spacial score (nSPS) is 35.9. The van der Waals surface area contributed by atoms with Crippen molar-refractivity contribution in [2.45, 2.75) is 17.7 Å². The number of nitrogens with zero attached hydrogens (tertiary/aromatic N) is 1. The van der Waals surface area contributed by atoms with E-state index in [0.717, 1.165) is 6.07 Å². The van der Waals surface area contributed by atoms with Gasteiger partial charge in [0.2, 0.25) is 5.91 Å². The van der Waals surface area contributed by atoms with Gasteiger partial charge in [0.1, 0.15) is 5.75 Å². The van der Waals surface area contributed by atoms with Crippen LogP contribution in [0, 0.1) is 23.7 Å². The van der Waals surface area contributed by atoms with Crippen LogP contribution in [0.15, 0.2) is 18.7 Å². The molecule has 1 aromatic carbocycles. The number of carbonyl (C=O) groups excluding carboxylic acids is 5. The van der Waals surface area contributed by atoms with Crippen molar-refractivity contribution in [2.24, 2.45) is 29.4 Å². The number of ketones is 4. The van der Waals surface area contributed by atoms with Crippen molar-refractivity contribution in [3.05, 3.63) is 34.9 Å². The molecule has 7 atom stereocenters. The number of hydrogen-bond donors (Lipinski definition) is 4. The Morgan fingerprint density at radius 1 is 1.15 bits per heavy atom. The lowest BCUT2D eigenvalue weighted by Gasteiger charge is -2.55. The first-order valence-electron chi connectivity index (χ1n) is 10.0. The first kappa shape index (κ1) is 23.2. The van der Waals surface area contributed by atoms with Gasteiger partial charge in [-0.05, 0) is 31.8 Å². The van der Waals surface area contributed by atoms with E-state index in [2.05, 4.69) is 6.58 Å². The van der Waals surface area contributed by atoms with Crippen LogP contribution >= 0.6 is 11.6 Å². The lowest BCUT2D eigenvalue weighted by Crippen LogP contribution is -2.77. The number of hydrogen-bond acceptors (Lipinski definition) is 9. The van der Waals surface area contributed by atoms with E-state index < -0.39 is 76.2 Å². The predicted octanol–water partition coefficient (Wildman–Crippen LogP) is -1.04. The van der Waals surface area contributed by atoms with Crippen molar-refractivity contribution in [1.29, 1.82) is 0 Å². The summed E-state index contributed by atoms with van der Waals surface area (Å²) in [7, 11) is 2.82. The molecule has 4 rings (SSSR count). The molecule has 33 heavy (non-hydrogen) atoms. The minimum absolute atomic E-state index is 0.0325. The lowest BCUT2D eigenvalue weighted by molar-refractivity contribution is -0.192. The molecule has 0 saturated heterocycles. The molecule has 3 aliphatic rings. The van der Waals surface area contributed by atoms with Crippen LogP contribution < -0.4 is 5.73 Å². The van der Waals surface area contributed by atoms with E-state index in [1.165, 1.54) is 25.1 Å². The standard InChI is InChI=1S/C22H21ClN2O8/c1-6-9-7(23)4-5-8(26)11(9)16(27)12-10(6)17(28)14-15(25(2)3)18(29)13(21(24)32)20(31)22(14,33)19(12)30/h4-5,10,12-15,17,26,28,33H,1H2,2-3H3,(H2,24,32)/t10-,12?,13?,14-,15+,17+,22+/m1/s1. The summed E-state index contributed by atoms with van der Waals surface area (Å²) in [5.41, 5.74) is 1.93. The van der Waals surface area contributed by atoms with Crippen molar-refractivity contribution in [1.82, 2.24) is 4.90 Å². The molecule has 2 unspecified atom stereocenters. The van der Waals surface area contributed by atoms with Gasteiger partial charge in [0.05, 0.1) is 29.5 Å². The fourth-order valence-electron chi connectivity index (χ4n) is 5.62. The molecule has 2 saturated carbocycles. The number of benzene rings is 1. The fraction of sp³-hybridized carbons (Fsp3) is 0.409. The fourth-order valence-corrected chi connectivity index (χ4v) is 5.90. The summed E-state index contributed by atoms with van der Waals surface area (Å²) in [5, 5.41) is 33.1. The second-order valence-electron chi connectivity index (χ2n) is 8.87. The van der Waals surface area contributed by atoms with Crippen LogP contribution in [0.2, 0.25) is 5.02 Å². The zero-order chi connectivity index (χ0) is 24.7. The Morgan fingerprint density at radius 3 is 2.30 bits per heavy atom. The molecule has 3 aliphatic carbocycles. The van der Waals surface area contributed by atoms with E-state index in [-0.39, 0.29) is 21.7 Å². The van der Waals surface area contributed by atoms with E-state index in [1.54, 1.807) is 0 Å². The maximum atomic E-state index is 13.6. The van der Waals surface area contributed by atoms with Crippen LogP contribution in [-0.4, -0.2) is 81.1 Å². The zero-order valence-corrected chi connectivity index (χ0v) is 18.4. The van der Waals surface area contributed by atoms with Gasteiger partial charge in [0.25, 0.3) is 0 Å². The molecule has 174 valence electrons. The highest BCUT2D eigenvalue weighted by atomic mass is 35.5. The largest absolute Gasteiger partial charge is 0.507 e. The summed E-state index contributed by atoms with van der Waals surface area (Å²) in [6.07, 6.45) is -1.78. The van der Waals surface area contributed by atoms with E-state index in [0.29, 0.717) is 0 Å². The molecular weight excluding hydrogens is 456 g/mol. The number of phenolic OH excluding ortho intramolecular Hbond substituents is 1. The predicted molar refractivity (Wildman–Crippen MR) is 113 cm³/mol. The first-order chi connectivity index (χ1) is 15.3. The van der Waals surface area contributed by atoms with Gasteiger partial charge in [-0.3, -0.25) is 28.9 Å². The molecule has 11 heteroatoms. The highest BCUT2D eigenvalue weighted by Crippen LogP contribution is 2.54. The molecule has 10 nitrogen and oxygen atoms in total. The number of fused-ring (bicyclic) bond motifs is 3. The topological polar surface area (TPSA) is 175 Å². The molecule has 0 spiro atoms. The van der Waals surface area contributed by atoms with E-state index in [1.807, 2.05) is 0 Å². The molecule has 0 bridgehead atoms. The first-order valence-corrected chi connectivity index (χ1v) is 10.4. The van der Waals surface area contributed by atoms with Crippen molar-refractivity contribution in [3.8, 4) is 5.75 Å². The van der Waals surface area contributed by atoms with Gasteiger partial charge in [-0.15, -0.1) is 0 Å². The highest BCUT2D eigenvalue weighted by molar-refractivity contribution is 6.36. The average molecular weight is 477 g/mol. The van der Waals surface area contributed by atoms with Crippen molar-refractivity contribution in [3.63, 3.8) is 0 Å². The molecule has 5 N–H and O–H groups in total. The Morgan fingerprint density at radius 2 is 1.76 bits per heavy atom. The number of rotatable bonds is 2. The lowest BCUT2D eigenvalue weighted by atomic mass is 9.50. The van der Waals surface area contributed by atoms with Gasteiger partial charge in [-0.25, -0.2) is 0 Å². The maximum Gasteiger partial charge on any atom is 0.235 e. The minimum atomic E-state index is -3.05. The summed E-state index contributed by atoms with van der Waals surface area (Å²) in [4.78, 5) is 66.4. The number of Topliss-reactive ketones (excluding diaryl/α,β-unsaturated/α-hetero) is 4. The number of aromatic hydroxyl groups is 1. The number of phenols is 1. The van der Waals surface area contributed by atoms with Crippen LogP contribution in [0.25, 0.3) is 5.57 Å². The van der Waals surface area contributed by atoms with Crippen molar-refractivity contribution in [2.75, 3.05) is 14.1 Å². The van der Waals surface area contributed by atoms with E-state index >= 15 is 0 Å². The SMILES string of the molecule is C=C1c2c(Cl)ccc(O)c2C(=O)C2C(=O)[C@]3(O)C(=O)C(C(N)=O)C(=O)[C@@H](N(C)C)[C@@H]3[C@@H](O)[C@H]12. The van der Waals surface area contributed by atoms with Crippen LogP contribution in [0.1, 0.15) is 15.9 Å². The number of primary amides is 1. The van der Waals surface area contributed by atoms with Crippen LogP contribution in [-0.2, 0) is 19.2 Å². The second kappa shape index (κ2) is 7.29. The van der Waals surface area contributed by atoms with Gasteiger partial charge >= 0.3 is 0 Å². The second-order valence-corrected chi connectivity index (χ2v) is 9.27. The number of aliphatic hydroxyl groups is 2. The van der Waals surface area contributed by atoms with Gasteiger partial charge < -0.3 is 21.1 Å². The number of carbonyl (C=O) groups is 5. The summed E-state index contributed by atoms with van der Waals surface area (Å²) < 4.78 is 0. The molecule has 1 amide bonds. The smallest absolute Gasteiger partial charge is 0.235 e. The molecule has 0 heterocycles. The summed E-state index contributed by atoms with van der Waals surface area (Å²) in [6, 6.07) is 1.01. The third-order valence-electron chi connectivity index (χ3n) is 7.02. The van der Waals surface area contributed by atoms with Gasteiger partial charge in [0.15, 0.2) is 34.7 Å². The Kier molecular flexibility index (Phi) is 5.14. The van der Waals surface area contributed by atoms with Gasteiger partial charge in [-0.2, -0.15) is 0 Å². The number of nitrogens with two attached hydrogens (primary N) is 1. The zero-order valence-electron chi connectivity index (χ0n) is 17.6. The van der Waals surface area contributed by atoms with Crippen molar-refractivity contribution >= 4 is 46.2 Å². The molecular formula is C22H21ClN2O8. The summed E-state index contributed by atoms with van der Waals surface area (Å²) in [5.74, 6) is -13.6. The quantitative estimate of drug-likeness (QED) is 0.388. The van der Waals surface area contributed by atoms with Crippen LogP contribution in [0.4, 0.5) is 0 Å². The Labute approximate surface area is 192 Å². The van der Waals surface area contributed by atoms with Crippen LogP contribution in [0.3, 0.4) is 0 Å². The number of aliphatic hydroxyl groups excluding tert-OH is 1.